The largest absolute Gasteiger partial charge is 0.455 e. The van der Waals surface area contributed by atoms with Crippen molar-refractivity contribution in [2.24, 2.45) is 5.92 Å². The second kappa shape index (κ2) is 8.90. The van der Waals surface area contributed by atoms with Crippen LogP contribution in [0.3, 0.4) is 0 Å². The lowest BCUT2D eigenvalue weighted by Crippen LogP contribution is -2.33. The molecule has 1 fully saturated rings. The molecule has 0 aliphatic carbocycles. The smallest absolute Gasteiger partial charge is 0.311 e. The summed E-state index contributed by atoms with van der Waals surface area (Å²) in [4.78, 5) is 38.7. The molecule has 2 aromatic carbocycles. The Morgan fingerprint density at radius 2 is 1.76 bits per heavy atom. The van der Waals surface area contributed by atoms with Crippen molar-refractivity contribution in [1.82, 2.24) is 5.32 Å². The first-order chi connectivity index (χ1) is 13.9. The maximum Gasteiger partial charge on any atom is 0.311 e. The molecule has 1 heterocycles. The minimum Gasteiger partial charge on any atom is -0.455 e. The van der Waals surface area contributed by atoms with Crippen LogP contribution in [0, 0.1) is 19.8 Å². The highest BCUT2D eigenvalue weighted by Crippen LogP contribution is 2.31. The predicted molar refractivity (Wildman–Crippen MR) is 110 cm³/mol. The highest BCUT2D eigenvalue weighted by molar-refractivity contribution is 6.00. The van der Waals surface area contributed by atoms with Crippen LogP contribution in [0.5, 0.6) is 0 Å². The molecule has 2 aromatic rings. The van der Waals surface area contributed by atoms with Gasteiger partial charge in [0.1, 0.15) is 0 Å². The van der Waals surface area contributed by atoms with Gasteiger partial charge in [0.2, 0.25) is 5.91 Å². The highest BCUT2D eigenvalue weighted by atomic mass is 16.5. The van der Waals surface area contributed by atoms with E-state index in [2.05, 4.69) is 5.32 Å². The molecule has 1 N–H and O–H groups in total. The molecular weight excluding hydrogens is 368 g/mol. The number of amides is 2. The molecule has 0 bridgehead atoms. The summed E-state index contributed by atoms with van der Waals surface area (Å²) in [7, 11) is 0. The van der Waals surface area contributed by atoms with Gasteiger partial charge in [-0.15, -0.1) is 0 Å². The molecule has 0 spiro atoms. The molecule has 3 rings (SSSR count). The van der Waals surface area contributed by atoms with Crippen LogP contribution in [0.2, 0.25) is 0 Å². The van der Waals surface area contributed by atoms with Gasteiger partial charge in [0.05, 0.1) is 12.0 Å². The van der Waals surface area contributed by atoms with E-state index in [1.165, 1.54) is 0 Å². The number of carbonyl (C=O) groups is 3. The van der Waals surface area contributed by atoms with Crippen molar-refractivity contribution in [3.63, 3.8) is 0 Å². The third-order valence-corrected chi connectivity index (χ3v) is 5.19. The maximum atomic E-state index is 12.5. The van der Waals surface area contributed by atoms with Crippen molar-refractivity contribution >= 4 is 23.5 Å². The van der Waals surface area contributed by atoms with Crippen LogP contribution in [0.1, 0.15) is 36.1 Å². The Morgan fingerprint density at radius 3 is 2.41 bits per heavy atom. The summed E-state index contributed by atoms with van der Waals surface area (Å²) >= 11 is 0. The number of hydrogen-bond acceptors (Lipinski definition) is 4. The van der Waals surface area contributed by atoms with Gasteiger partial charge < -0.3 is 15.0 Å². The van der Waals surface area contributed by atoms with Crippen molar-refractivity contribution < 1.29 is 19.1 Å². The number of nitrogens with zero attached hydrogens (tertiary/aromatic N) is 1. The van der Waals surface area contributed by atoms with Gasteiger partial charge in [-0.3, -0.25) is 14.4 Å². The van der Waals surface area contributed by atoms with Crippen LogP contribution in [0.15, 0.2) is 48.5 Å². The number of carbonyl (C=O) groups excluding carboxylic acids is 3. The van der Waals surface area contributed by atoms with E-state index in [0.717, 1.165) is 22.4 Å². The molecule has 1 saturated heterocycles. The molecule has 1 aliphatic heterocycles. The number of esters is 1. The number of anilines is 1. The first-order valence-corrected chi connectivity index (χ1v) is 9.74. The van der Waals surface area contributed by atoms with Crippen molar-refractivity contribution in [1.29, 1.82) is 0 Å². The fourth-order valence-electron chi connectivity index (χ4n) is 3.68. The molecule has 2 amide bonds. The molecule has 0 unspecified atom stereocenters. The number of rotatable bonds is 6. The van der Waals surface area contributed by atoms with Crippen molar-refractivity contribution in [3.05, 3.63) is 65.2 Å². The van der Waals surface area contributed by atoms with Gasteiger partial charge >= 0.3 is 5.97 Å². The Bertz CT molecular complexity index is 890. The first kappa shape index (κ1) is 20.6. The average Bonchev–Trinajstić information content (AvgIpc) is 3.08. The summed E-state index contributed by atoms with van der Waals surface area (Å²) in [6.45, 7) is 5.67. The van der Waals surface area contributed by atoms with E-state index >= 15 is 0 Å². The second-order valence-corrected chi connectivity index (χ2v) is 7.45. The molecule has 152 valence electrons. The molecule has 6 nitrogen and oxygen atoms in total. The summed E-state index contributed by atoms with van der Waals surface area (Å²) in [6.07, 6.45) is 0.0919. The normalized spacial score (nSPS) is 17.1. The van der Waals surface area contributed by atoms with Gasteiger partial charge in [-0.25, -0.2) is 0 Å². The zero-order valence-corrected chi connectivity index (χ0v) is 17.0. The van der Waals surface area contributed by atoms with Crippen LogP contribution in [-0.2, 0) is 19.1 Å². The number of aryl methyl sites for hydroxylation is 2. The van der Waals surface area contributed by atoms with E-state index in [1.807, 2.05) is 69.3 Å². The lowest BCUT2D eigenvalue weighted by molar-refractivity contribution is -0.152. The minimum atomic E-state index is -0.569. The number of hydrogen-bond donors (Lipinski definition) is 1. The Labute approximate surface area is 170 Å². The van der Waals surface area contributed by atoms with Crippen LogP contribution >= 0.6 is 0 Å². The third-order valence-electron chi connectivity index (χ3n) is 5.19. The Morgan fingerprint density at radius 1 is 1.10 bits per heavy atom. The number of benzene rings is 2. The molecule has 6 heteroatoms. The van der Waals surface area contributed by atoms with Gasteiger partial charge in [0.25, 0.3) is 5.91 Å². The van der Waals surface area contributed by atoms with Gasteiger partial charge in [-0.05, 0) is 37.5 Å². The average molecular weight is 394 g/mol. The van der Waals surface area contributed by atoms with E-state index in [4.69, 9.17) is 4.74 Å². The Balaban J connectivity index is 1.54. The van der Waals surface area contributed by atoms with Gasteiger partial charge in [0.15, 0.2) is 6.61 Å². The number of ether oxygens (including phenoxy) is 1. The molecule has 0 radical (unpaired) electrons. The van der Waals surface area contributed by atoms with Gasteiger partial charge in [-0.1, -0.05) is 48.5 Å². The van der Waals surface area contributed by atoms with Crippen molar-refractivity contribution in [2.75, 3.05) is 18.1 Å². The van der Waals surface area contributed by atoms with E-state index in [1.54, 1.807) is 4.90 Å². The molecular formula is C23H26N2O4. The fourth-order valence-corrected chi connectivity index (χ4v) is 3.68. The zero-order valence-electron chi connectivity index (χ0n) is 17.0. The lowest BCUT2D eigenvalue weighted by atomic mass is 10.1. The standard InChI is InChI=1S/C23H26N2O4/c1-15-8-7-9-16(2)22(15)25-13-19(12-21(25)27)23(28)29-14-20(26)24-17(3)18-10-5-4-6-11-18/h4-11,17,19H,12-14H2,1-3H3,(H,24,26)/t17-,19-/m0/s1. The van der Waals surface area contributed by atoms with E-state index in [-0.39, 0.29) is 37.4 Å². The van der Waals surface area contributed by atoms with E-state index < -0.39 is 11.9 Å². The van der Waals surface area contributed by atoms with Crippen molar-refractivity contribution in [2.45, 2.75) is 33.2 Å². The first-order valence-electron chi connectivity index (χ1n) is 9.74. The van der Waals surface area contributed by atoms with Crippen LogP contribution in [0.25, 0.3) is 0 Å². The van der Waals surface area contributed by atoms with Crippen LogP contribution in [0.4, 0.5) is 5.69 Å². The van der Waals surface area contributed by atoms with Gasteiger partial charge in [-0.2, -0.15) is 0 Å². The molecule has 29 heavy (non-hydrogen) atoms. The predicted octanol–water partition coefficient (Wildman–Crippen LogP) is 3.08. The second-order valence-electron chi connectivity index (χ2n) is 7.45. The Hall–Kier alpha value is -3.15. The van der Waals surface area contributed by atoms with Crippen LogP contribution < -0.4 is 10.2 Å². The summed E-state index contributed by atoms with van der Waals surface area (Å²) < 4.78 is 5.19. The molecule has 2 atom stereocenters. The molecule has 0 aromatic heterocycles. The quantitative estimate of drug-likeness (QED) is 0.764. The number of para-hydroxylation sites is 1. The topological polar surface area (TPSA) is 75.7 Å². The monoisotopic (exact) mass is 394 g/mol. The highest BCUT2D eigenvalue weighted by Gasteiger charge is 2.37. The minimum absolute atomic E-state index is 0.0919. The lowest BCUT2D eigenvalue weighted by Gasteiger charge is -2.21. The van der Waals surface area contributed by atoms with Crippen LogP contribution in [-0.4, -0.2) is 30.9 Å². The SMILES string of the molecule is Cc1cccc(C)c1N1C[C@@H](C(=O)OCC(=O)N[C@@H](C)c2ccccc2)CC1=O. The maximum absolute atomic E-state index is 12.5. The summed E-state index contributed by atoms with van der Waals surface area (Å²) in [5.41, 5.74) is 3.79. The van der Waals surface area contributed by atoms with Gasteiger partial charge in [0, 0.05) is 18.7 Å². The van der Waals surface area contributed by atoms with E-state index in [0.29, 0.717) is 0 Å². The number of nitrogens with one attached hydrogen (secondary N) is 1. The third kappa shape index (κ3) is 4.83. The zero-order chi connectivity index (χ0) is 21.0. The molecule has 1 aliphatic rings. The van der Waals surface area contributed by atoms with Crippen molar-refractivity contribution in [3.8, 4) is 0 Å². The Kier molecular flexibility index (Phi) is 6.32. The summed E-state index contributed by atoms with van der Waals surface area (Å²) in [5, 5.41) is 2.81. The van der Waals surface area contributed by atoms with E-state index in [9.17, 15) is 14.4 Å². The summed E-state index contributed by atoms with van der Waals surface area (Å²) in [5.74, 6) is -1.56. The molecule has 0 saturated carbocycles. The fraction of sp³-hybridized carbons (Fsp3) is 0.348. The summed E-state index contributed by atoms with van der Waals surface area (Å²) in [6, 6.07) is 15.2.